The molecular weight excluding hydrogens is 382 g/mol. The zero-order valence-corrected chi connectivity index (χ0v) is 15.9. The molecule has 0 unspecified atom stereocenters. The van der Waals surface area contributed by atoms with Gasteiger partial charge in [-0.3, -0.25) is 4.98 Å². The monoisotopic (exact) mass is 403 g/mol. The van der Waals surface area contributed by atoms with Gasteiger partial charge in [-0.15, -0.1) is 0 Å². The SMILES string of the molecule is COc1ccc(S(=O)(=O)NCCC[n+]2cc[nH]c2)c(C)c1C.[Br-]. The van der Waals surface area contributed by atoms with Gasteiger partial charge in [-0.2, -0.15) is 0 Å². The van der Waals surface area contributed by atoms with Gasteiger partial charge in [-0.05, 0) is 43.5 Å². The summed E-state index contributed by atoms with van der Waals surface area (Å²) in [5.41, 5.74) is 1.56. The molecule has 0 saturated heterocycles. The van der Waals surface area contributed by atoms with Gasteiger partial charge in [0.1, 0.15) is 18.1 Å². The summed E-state index contributed by atoms with van der Waals surface area (Å²) in [6.45, 7) is 4.80. The van der Waals surface area contributed by atoms with E-state index in [4.69, 9.17) is 4.74 Å². The Morgan fingerprint density at radius 3 is 2.61 bits per heavy atom. The molecule has 128 valence electrons. The molecule has 0 bridgehead atoms. The third-order valence-corrected chi connectivity index (χ3v) is 5.29. The predicted molar refractivity (Wildman–Crippen MR) is 83.3 cm³/mol. The Kier molecular flexibility index (Phi) is 7.24. The number of aryl methyl sites for hydroxylation is 1. The van der Waals surface area contributed by atoms with Crippen molar-refractivity contribution in [3.63, 3.8) is 0 Å². The van der Waals surface area contributed by atoms with E-state index in [1.165, 1.54) is 0 Å². The minimum atomic E-state index is -3.50. The molecule has 0 atom stereocenters. The fraction of sp³-hybridized carbons (Fsp3) is 0.400. The van der Waals surface area contributed by atoms with Crippen molar-refractivity contribution >= 4 is 10.0 Å². The molecule has 0 fully saturated rings. The van der Waals surface area contributed by atoms with Gasteiger partial charge in [0.15, 0.2) is 0 Å². The first kappa shape index (κ1) is 19.7. The lowest BCUT2D eigenvalue weighted by Crippen LogP contribution is -3.00. The Balaban J connectivity index is 0.00000264. The quantitative estimate of drug-likeness (QED) is 0.427. The zero-order chi connectivity index (χ0) is 16.2. The number of aromatic amines is 1. The summed E-state index contributed by atoms with van der Waals surface area (Å²) in [6, 6.07) is 3.27. The molecule has 8 heteroatoms. The van der Waals surface area contributed by atoms with Gasteiger partial charge in [0.25, 0.3) is 0 Å². The summed E-state index contributed by atoms with van der Waals surface area (Å²) in [5.74, 6) is 0.695. The molecule has 1 heterocycles. The van der Waals surface area contributed by atoms with Gasteiger partial charge in [0, 0.05) is 6.54 Å². The Hall–Kier alpha value is -1.38. The molecule has 23 heavy (non-hydrogen) atoms. The summed E-state index contributed by atoms with van der Waals surface area (Å²) >= 11 is 0. The number of nitrogens with zero attached hydrogens (tertiary/aromatic N) is 1. The number of H-pyrrole nitrogens is 1. The summed E-state index contributed by atoms with van der Waals surface area (Å²) in [7, 11) is -1.93. The molecule has 0 spiro atoms. The van der Waals surface area contributed by atoms with Gasteiger partial charge < -0.3 is 21.7 Å². The molecule has 0 aliphatic rings. The van der Waals surface area contributed by atoms with E-state index in [2.05, 4.69) is 9.71 Å². The molecule has 0 aliphatic heterocycles. The van der Waals surface area contributed by atoms with Crippen molar-refractivity contribution in [3.8, 4) is 5.75 Å². The van der Waals surface area contributed by atoms with Gasteiger partial charge in [-0.25, -0.2) is 17.7 Å². The van der Waals surface area contributed by atoms with Gasteiger partial charge in [-0.1, -0.05) is 0 Å². The maximum Gasteiger partial charge on any atom is 0.241 e. The lowest BCUT2D eigenvalue weighted by molar-refractivity contribution is -0.695. The van der Waals surface area contributed by atoms with Crippen LogP contribution >= 0.6 is 0 Å². The van der Waals surface area contributed by atoms with Crippen LogP contribution in [0.1, 0.15) is 17.5 Å². The molecule has 2 aromatic rings. The number of sulfonamides is 1. The first-order valence-corrected chi connectivity index (χ1v) is 8.59. The molecule has 6 nitrogen and oxygen atoms in total. The van der Waals surface area contributed by atoms with E-state index in [1.54, 1.807) is 26.2 Å². The number of nitrogens with one attached hydrogen (secondary N) is 2. The number of ether oxygens (including phenoxy) is 1. The highest BCUT2D eigenvalue weighted by Crippen LogP contribution is 2.26. The highest BCUT2D eigenvalue weighted by Gasteiger charge is 2.19. The van der Waals surface area contributed by atoms with Crippen LogP contribution in [0.2, 0.25) is 0 Å². The Bertz CT molecular complexity index is 731. The smallest absolute Gasteiger partial charge is 0.241 e. The Labute approximate surface area is 147 Å². The van der Waals surface area contributed by atoms with Crippen molar-refractivity contribution in [3.05, 3.63) is 42.0 Å². The number of benzene rings is 1. The molecule has 1 aromatic heterocycles. The van der Waals surface area contributed by atoms with Crippen LogP contribution in [0.3, 0.4) is 0 Å². The van der Waals surface area contributed by atoms with Gasteiger partial charge in [0.05, 0.1) is 18.6 Å². The summed E-state index contributed by atoms with van der Waals surface area (Å²) in [6.07, 6.45) is 6.29. The van der Waals surface area contributed by atoms with Crippen molar-refractivity contribution in [1.29, 1.82) is 0 Å². The predicted octanol–water partition coefficient (Wildman–Crippen LogP) is -1.70. The van der Waals surface area contributed by atoms with E-state index in [9.17, 15) is 8.42 Å². The molecule has 0 amide bonds. The number of halogens is 1. The van der Waals surface area contributed by atoms with Crippen molar-refractivity contribution in [2.75, 3.05) is 13.7 Å². The maximum absolute atomic E-state index is 12.4. The third kappa shape index (κ3) is 4.79. The zero-order valence-electron chi connectivity index (χ0n) is 13.5. The minimum Gasteiger partial charge on any atom is -1.00 e. The minimum absolute atomic E-state index is 0. The van der Waals surface area contributed by atoms with Crippen LogP contribution < -0.4 is 31.0 Å². The number of rotatable bonds is 7. The van der Waals surface area contributed by atoms with Crippen molar-refractivity contribution in [2.24, 2.45) is 0 Å². The number of aromatic nitrogens is 2. The first-order chi connectivity index (χ1) is 10.5. The van der Waals surface area contributed by atoms with Crippen LogP contribution in [-0.4, -0.2) is 27.1 Å². The maximum atomic E-state index is 12.4. The molecule has 0 saturated carbocycles. The number of hydrogen-bond acceptors (Lipinski definition) is 3. The van der Waals surface area contributed by atoms with Crippen LogP contribution in [0.15, 0.2) is 35.7 Å². The average molecular weight is 404 g/mol. The van der Waals surface area contributed by atoms with Gasteiger partial charge in [0.2, 0.25) is 16.4 Å². The second-order valence-corrected chi connectivity index (χ2v) is 6.85. The van der Waals surface area contributed by atoms with Crippen molar-refractivity contribution in [2.45, 2.75) is 31.7 Å². The second-order valence-electron chi connectivity index (χ2n) is 5.12. The van der Waals surface area contributed by atoms with E-state index in [0.717, 1.165) is 18.5 Å². The third-order valence-electron chi connectivity index (χ3n) is 3.68. The Morgan fingerprint density at radius 2 is 2.00 bits per heavy atom. The lowest BCUT2D eigenvalue weighted by atomic mass is 10.1. The largest absolute Gasteiger partial charge is 1.00 e. The van der Waals surface area contributed by atoms with Crippen LogP contribution in [0.25, 0.3) is 0 Å². The van der Waals surface area contributed by atoms with E-state index < -0.39 is 10.0 Å². The first-order valence-electron chi connectivity index (χ1n) is 7.11. The van der Waals surface area contributed by atoms with Crippen LogP contribution in [0.4, 0.5) is 0 Å². The van der Waals surface area contributed by atoms with E-state index in [-0.39, 0.29) is 17.0 Å². The lowest BCUT2D eigenvalue weighted by Gasteiger charge is -2.13. The average Bonchev–Trinajstić information content (AvgIpc) is 2.99. The van der Waals surface area contributed by atoms with E-state index >= 15 is 0 Å². The highest BCUT2D eigenvalue weighted by molar-refractivity contribution is 7.89. The topological polar surface area (TPSA) is 75.1 Å². The molecule has 0 aliphatic carbocycles. The van der Waals surface area contributed by atoms with E-state index in [1.807, 2.05) is 30.2 Å². The van der Waals surface area contributed by atoms with Crippen LogP contribution in [0, 0.1) is 13.8 Å². The molecule has 2 N–H and O–H groups in total. The van der Waals surface area contributed by atoms with Crippen molar-refractivity contribution < 1.29 is 34.7 Å². The number of hydrogen-bond donors (Lipinski definition) is 2. The molecule has 2 rings (SSSR count). The fourth-order valence-corrected chi connectivity index (χ4v) is 3.66. The normalized spacial score (nSPS) is 11.1. The molecule has 1 aromatic carbocycles. The second kappa shape index (κ2) is 8.47. The Morgan fingerprint density at radius 1 is 1.26 bits per heavy atom. The van der Waals surface area contributed by atoms with E-state index in [0.29, 0.717) is 22.8 Å². The van der Waals surface area contributed by atoms with Gasteiger partial charge >= 0.3 is 0 Å². The van der Waals surface area contributed by atoms with Crippen LogP contribution in [-0.2, 0) is 16.6 Å². The highest BCUT2D eigenvalue weighted by atomic mass is 79.9. The fourth-order valence-electron chi connectivity index (χ4n) is 2.29. The standard InChI is InChI=1S/C15H21N3O3S.BrH/c1-12-13(2)15(6-5-14(12)21-3)22(19,20)17-7-4-9-18-10-8-16-11-18;/h5-6,8,10-11,17H,4,7,9H2,1-3H3;1H. The van der Waals surface area contributed by atoms with Crippen LogP contribution in [0.5, 0.6) is 5.75 Å². The summed E-state index contributed by atoms with van der Waals surface area (Å²) < 4.78 is 34.6. The summed E-state index contributed by atoms with van der Waals surface area (Å²) in [5, 5.41) is 0. The van der Waals surface area contributed by atoms with Crippen molar-refractivity contribution in [1.82, 2.24) is 9.71 Å². The number of imidazole rings is 1. The molecular formula is C15H22BrN3O3S. The molecule has 0 radical (unpaired) electrons. The number of methoxy groups -OCH3 is 1. The summed E-state index contributed by atoms with van der Waals surface area (Å²) in [4.78, 5) is 3.26.